The third-order valence-corrected chi connectivity index (χ3v) is 3.45. The van der Waals surface area contributed by atoms with Crippen molar-refractivity contribution in [2.24, 2.45) is 0 Å². The number of carbonyl (C=O) groups is 1. The zero-order chi connectivity index (χ0) is 14.4. The molecule has 0 amide bonds. The largest absolute Gasteiger partial charge is 0.493 e. The fourth-order valence-corrected chi connectivity index (χ4v) is 2.35. The molecule has 2 nitrogen and oxygen atoms in total. The molecule has 0 heterocycles. The molecule has 20 heavy (non-hydrogen) atoms. The highest BCUT2D eigenvalue weighted by atomic mass is 35.5. The van der Waals surface area contributed by atoms with E-state index in [1.165, 1.54) is 0 Å². The van der Waals surface area contributed by atoms with Gasteiger partial charge in [-0.3, -0.25) is 4.79 Å². The van der Waals surface area contributed by atoms with Gasteiger partial charge in [0.1, 0.15) is 5.75 Å². The molecular formula is C17H19ClO2. The van der Waals surface area contributed by atoms with Gasteiger partial charge in [-0.05, 0) is 30.4 Å². The first-order valence-corrected chi connectivity index (χ1v) is 7.55. The summed E-state index contributed by atoms with van der Waals surface area (Å²) in [5.74, 6) is 1.50. The minimum absolute atomic E-state index is 0.142. The highest BCUT2D eigenvalue weighted by Crippen LogP contribution is 2.29. The van der Waals surface area contributed by atoms with Crippen molar-refractivity contribution in [2.75, 3.05) is 12.5 Å². The highest BCUT2D eigenvalue weighted by molar-refractivity contribution is 6.18. The Kier molecular flexibility index (Phi) is 5.42. The van der Waals surface area contributed by atoms with Gasteiger partial charge in [-0.1, -0.05) is 31.2 Å². The van der Waals surface area contributed by atoms with Gasteiger partial charge in [0.05, 0.1) is 6.61 Å². The van der Waals surface area contributed by atoms with Crippen LogP contribution in [0, 0.1) is 0 Å². The van der Waals surface area contributed by atoms with Crippen LogP contribution in [0.25, 0.3) is 10.8 Å². The lowest BCUT2D eigenvalue weighted by molar-refractivity contribution is 0.0983. The predicted octanol–water partition coefficient (Wildman–Crippen LogP) is 4.83. The second kappa shape index (κ2) is 7.30. The van der Waals surface area contributed by atoms with Crippen molar-refractivity contribution in [3.8, 4) is 5.75 Å². The summed E-state index contributed by atoms with van der Waals surface area (Å²) in [5, 5.41) is 1.96. The van der Waals surface area contributed by atoms with Crippen LogP contribution in [0.3, 0.4) is 0 Å². The van der Waals surface area contributed by atoms with Crippen molar-refractivity contribution < 1.29 is 9.53 Å². The average Bonchev–Trinajstić information content (AvgIpc) is 2.50. The number of benzene rings is 2. The molecule has 0 bridgehead atoms. The van der Waals surface area contributed by atoms with Crippen molar-refractivity contribution in [3.63, 3.8) is 0 Å². The number of alkyl halides is 1. The maximum absolute atomic E-state index is 12.2. The third kappa shape index (κ3) is 3.31. The van der Waals surface area contributed by atoms with Gasteiger partial charge in [0.15, 0.2) is 5.78 Å². The van der Waals surface area contributed by atoms with Crippen LogP contribution in [0.5, 0.6) is 5.75 Å². The van der Waals surface area contributed by atoms with Crippen LogP contribution in [-0.2, 0) is 0 Å². The van der Waals surface area contributed by atoms with Crippen molar-refractivity contribution >= 4 is 28.2 Å². The summed E-state index contributed by atoms with van der Waals surface area (Å²) in [6.07, 6.45) is 2.16. The first-order valence-electron chi connectivity index (χ1n) is 7.01. The van der Waals surface area contributed by atoms with E-state index in [1.54, 1.807) is 0 Å². The van der Waals surface area contributed by atoms with E-state index < -0.39 is 0 Å². The van der Waals surface area contributed by atoms with E-state index in [-0.39, 0.29) is 5.78 Å². The molecule has 0 aliphatic rings. The normalized spacial score (nSPS) is 10.7. The van der Waals surface area contributed by atoms with Crippen LogP contribution >= 0.6 is 11.6 Å². The van der Waals surface area contributed by atoms with E-state index in [0.717, 1.165) is 28.5 Å². The Labute approximate surface area is 124 Å². The first kappa shape index (κ1) is 14.9. The lowest BCUT2D eigenvalue weighted by Crippen LogP contribution is -2.02. The Morgan fingerprint density at radius 2 is 1.90 bits per heavy atom. The minimum atomic E-state index is 0.142. The number of ether oxygens (including phenoxy) is 1. The van der Waals surface area contributed by atoms with Gasteiger partial charge in [-0.2, -0.15) is 0 Å². The zero-order valence-electron chi connectivity index (χ0n) is 11.7. The molecule has 0 fully saturated rings. The molecule has 106 valence electrons. The Bertz CT molecular complexity index is 593. The molecule has 2 rings (SSSR count). The average molecular weight is 291 g/mol. The van der Waals surface area contributed by atoms with Gasteiger partial charge >= 0.3 is 0 Å². The Morgan fingerprint density at radius 1 is 1.15 bits per heavy atom. The van der Waals surface area contributed by atoms with E-state index in [2.05, 4.69) is 6.92 Å². The van der Waals surface area contributed by atoms with Crippen molar-refractivity contribution in [1.82, 2.24) is 0 Å². The number of Topliss-reactive ketones (excluding diaryl/α,β-unsaturated/α-hetero) is 1. The number of halogens is 1. The number of hydrogen-bond acceptors (Lipinski definition) is 2. The standard InChI is InChI=1S/C17H19ClO2/c1-2-12-20-17-10-9-14(16(19)8-5-11-18)13-6-3-4-7-15(13)17/h3-4,6-7,9-10H,2,5,8,11-12H2,1H3. The number of rotatable bonds is 7. The Morgan fingerprint density at radius 3 is 2.60 bits per heavy atom. The molecule has 2 aromatic rings. The predicted molar refractivity (Wildman–Crippen MR) is 84.0 cm³/mol. The second-order valence-electron chi connectivity index (χ2n) is 4.72. The SMILES string of the molecule is CCCOc1ccc(C(=O)CCCCl)c2ccccc12. The van der Waals surface area contributed by atoms with Crippen molar-refractivity contribution in [3.05, 3.63) is 42.0 Å². The van der Waals surface area contributed by atoms with E-state index >= 15 is 0 Å². The van der Waals surface area contributed by atoms with Crippen LogP contribution < -0.4 is 4.74 Å². The van der Waals surface area contributed by atoms with Crippen LogP contribution in [-0.4, -0.2) is 18.3 Å². The lowest BCUT2D eigenvalue weighted by atomic mass is 9.98. The quantitative estimate of drug-likeness (QED) is 0.539. The van der Waals surface area contributed by atoms with Crippen LogP contribution in [0.4, 0.5) is 0 Å². The summed E-state index contributed by atoms with van der Waals surface area (Å²) < 4.78 is 5.75. The number of fused-ring (bicyclic) bond motifs is 1. The molecule has 2 aromatic carbocycles. The first-order chi connectivity index (χ1) is 9.77. The number of ketones is 1. The minimum Gasteiger partial charge on any atom is -0.493 e. The van der Waals surface area contributed by atoms with E-state index in [4.69, 9.17) is 16.3 Å². The molecule has 0 spiro atoms. The fraction of sp³-hybridized carbons (Fsp3) is 0.353. The maximum atomic E-state index is 12.2. The molecule has 0 aliphatic carbocycles. The molecular weight excluding hydrogens is 272 g/mol. The highest BCUT2D eigenvalue weighted by Gasteiger charge is 2.12. The molecule has 0 atom stereocenters. The van der Waals surface area contributed by atoms with Gasteiger partial charge in [0.2, 0.25) is 0 Å². The number of hydrogen-bond donors (Lipinski definition) is 0. The molecule has 0 saturated heterocycles. The Hall–Kier alpha value is -1.54. The second-order valence-corrected chi connectivity index (χ2v) is 5.10. The molecule has 3 heteroatoms. The summed E-state index contributed by atoms with van der Waals surface area (Å²) >= 11 is 5.66. The molecule has 0 N–H and O–H groups in total. The van der Waals surface area contributed by atoms with Crippen LogP contribution in [0.15, 0.2) is 36.4 Å². The topological polar surface area (TPSA) is 26.3 Å². The van der Waals surface area contributed by atoms with Crippen LogP contribution in [0.1, 0.15) is 36.5 Å². The van der Waals surface area contributed by atoms with E-state index in [1.807, 2.05) is 36.4 Å². The maximum Gasteiger partial charge on any atom is 0.163 e. The lowest BCUT2D eigenvalue weighted by Gasteiger charge is -2.11. The fourth-order valence-electron chi connectivity index (χ4n) is 2.21. The van der Waals surface area contributed by atoms with Crippen LogP contribution in [0.2, 0.25) is 0 Å². The summed E-state index contributed by atoms with van der Waals surface area (Å²) in [6.45, 7) is 2.76. The van der Waals surface area contributed by atoms with Crippen molar-refractivity contribution in [2.45, 2.75) is 26.2 Å². The molecule has 0 unspecified atom stereocenters. The van der Waals surface area contributed by atoms with Gasteiger partial charge in [-0.15, -0.1) is 11.6 Å². The van der Waals surface area contributed by atoms with Gasteiger partial charge < -0.3 is 4.74 Å². The number of carbonyl (C=O) groups excluding carboxylic acids is 1. The smallest absolute Gasteiger partial charge is 0.163 e. The monoisotopic (exact) mass is 290 g/mol. The van der Waals surface area contributed by atoms with Crippen molar-refractivity contribution in [1.29, 1.82) is 0 Å². The summed E-state index contributed by atoms with van der Waals surface area (Å²) in [4.78, 5) is 12.2. The molecule has 0 aromatic heterocycles. The van der Waals surface area contributed by atoms with Gasteiger partial charge in [0, 0.05) is 23.3 Å². The summed E-state index contributed by atoms with van der Waals surface area (Å²) in [7, 11) is 0. The van der Waals surface area contributed by atoms with E-state index in [0.29, 0.717) is 25.3 Å². The van der Waals surface area contributed by atoms with Gasteiger partial charge in [0.25, 0.3) is 0 Å². The summed E-state index contributed by atoms with van der Waals surface area (Å²) in [6, 6.07) is 11.6. The van der Waals surface area contributed by atoms with E-state index in [9.17, 15) is 4.79 Å². The molecule has 0 saturated carbocycles. The Balaban J connectivity index is 2.40. The summed E-state index contributed by atoms with van der Waals surface area (Å²) in [5.41, 5.74) is 0.759. The molecule has 0 radical (unpaired) electrons. The third-order valence-electron chi connectivity index (χ3n) is 3.18. The molecule has 0 aliphatic heterocycles. The van der Waals surface area contributed by atoms with Gasteiger partial charge in [-0.25, -0.2) is 0 Å². The zero-order valence-corrected chi connectivity index (χ0v) is 12.5.